The zero-order valence-corrected chi connectivity index (χ0v) is 13.2. The van der Waals surface area contributed by atoms with Crippen molar-refractivity contribution in [3.63, 3.8) is 0 Å². The van der Waals surface area contributed by atoms with Gasteiger partial charge < -0.3 is 4.57 Å². The van der Waals surface area contributed by atoms with Crippen LogP contribution in [0.5, 0.6) is 0 Å². The zero-order chi connectivity index (χ0) is 14.1. The summed E-state index contributed by atoms with van der Waals surface area (Å²) in [6.07, 6.45) is 8.14. The van der Waals surface area contributed by atoms with Gasteiger partial charge in [0.2, 0.25) is 0 Å². The fraction of sp³-hybridized carbons (Fsp3) is 0.875. The minimum atomic E-state index is 0.683. The second-order valence-corrected chi connectivity index (χ2v) is 6.66. The molecule has 0 radical (unpaired) electrons. The van der Waals surface area contributed by atoms with Crippen LogP contribution in [0.15, 0.2) is 0 Å². The van der Waals surface area contributed by atoms with Gasteiger partial charge in [-0.1, -0.05) is 26.7 Å². The fourth-order valence-corrected chi connectivity index (χ4v) is 3.81. The number of rotatable bonds is 5. The summed E-state index contributed by atoms with van der Waals surface area (Å²) in [5.74, 6) is 3.10. The molecule has 0 aliphatic heterocycles. The Morgan fingerprint density at radius 3 is 2.55 bits per heavy atom. The van der Waals surface area contributed by atoms with Gasteiger partial charge in [0.1, 0.15) is 11.6 Å². The molecule has 2 aliphatic rings. The average molecular weight is 276 g/mol. The van der Waals surface area contributed by atoms with E-state index in [-0.39, 0.29) is 0 Å². The summed E-state index contributed by atoms with van der Waals surface area (Å²) in [4.78, 5) is 2.63. The van der Waals surface area contributed by atoms with E-state index in [2.05, 4.69) is 40.4 Å². The standard InChI is InChI=1S/C16H28N4/c1-4-19(15-8-6-5-7-12(15)2)11-16-18-17-13(3)20(16)14-9-10-14/h12,14-15H,4-11H2,1-3H3. The van der Waals surface area contributed by atoms with Crippen molar-refractivity contribution in [1.29, 1.82) is 0 Å². The maximum absolute atomic E-state index is 4.46. The summed E-state index contributed by atoms with van der Waals surface area (Å²) in [6.45, 7) is 8.89. The van der Waals surface area contributed by atoms with Crippen molar-refractivity contribution < 1.29 is 0 Å². The van der Waals surface area contributed by atoms with Crippen LogP contribution in [0.2, 0.25) is 0 Å². The quantitative estimate of drug-likeness (QED) is 0.827. The Bertz CT molecular complexity index is 449. The summed E-state index contributed by atoms with van der Waals surface area (Å²) in [5, 5.41) is 8.77. The lowest BCUT2D eigenvalue weighted by Gasteiger charge is -2.37. The van der Waals surface area contributed by atoms with Gasteiger partial charge >= 0.3 is 0 Å². The Balaban J connectivity index is 1.74. The molecule has 2 fully saturated rings. The van der Waals surface area contributed by atoms with Crippen LogP contribution in [0, 0.1) is 12.8 Å². The van der Waals surface area contributed by atoms with E-state index in [1.54, 1.807) is 0 Å². The molecular weight excluding hydrogens is 248 g/mol. The van der Waals surface area contributed by atoms with Gasteiger partial charge in [0.25, 0.3) is 0 Å². The highest BCUT2D eigenvalue weighted by atomic mass is 15.3. The van der Waals surface area contributed by atoms with Crippen molar-refractivity contribution in [2.24, 2.45) is 5.92 Å². The van der Waals surface area contributed by atoms with E-state index in [1.807, 2.05) is 0 Å². The van der Waals surface area contributed by atoms with Crippen molar-refractivity contribution in [3.05, 3.63) is 11.6 Å². The summed E-state index contributed by atoms with van der Waals surface area (Å²) in [6, 6.07) is 1.42. The third kappa shape index (κ3) is 2.76. The molecule has 2 atom stereocenters. The molecule has 2 saturated carbocycles. The van der Waals surface area contributed by atoms with Gasteiger partial charge in [0.05, 0.1) is 6.54 Å². The number of hydrogen-bond donors (Lipinski definition) is 0. The first-order chi connectivity index (χ1) is 9.70. The lowest BCUT2D eigenvalue weighted by atomic mass is 9.85. The molecule has 1 heterocycles. The Hall–Kier alpha value is -0.900. The highest BCUT2D eigenvalue weighted by Gasteiger charge is 2.31. The Morgan fingerprint density at radius 2 is 1.90 bits per heavy atom. The first-order valence-corrected chi connectivity index (χ1v) is 8.35. The first kappa shape index (κ1) is 14.1. The Morgan fingerprint density at radius 1 is 1.15 bits per heavy atom. The Kier molecular flexibility index (Phi) is 4.11. The van der Waals surface area contributed by atoms with Crippen LogP contribution in [0.25, 0.3) is 0 Å². The van der Waals surface area contributed by atoms with Crippen molar-refractivity contribution in [2.75, 3.05) is 6.54 Å². The molecule has 0 bridgehead atoms. The van der Waals surface area contributed by atoms with E-state index in [9.17, 15) is 0 Å². The van der Waals surface area contributed by atoms with E-state index in [1.165, 1.54) is 44.3 Å². The van der Waals surface area contributed by atoms with Gasteiger partial charge in [-0.3, -0.25) is 4.90 Å². The van der Waals surface area contributed by atoms with Crippen molar-refractivity contribution >= 4 is 0 Å². The summed E-state index contributed by atoms with van der Waals surface area (Å²) < 4.78 is 2.39. The molecule has 4 heteroatoms. The molecule has 0 aromatic carbocycles. The van der Waals surface area contributed by atoms with Crippen molar-refractivity contribution in [2.45, 2.75) is 77.9 Å². The topological polar surface area (TPSA) is 34.0 Å². The molecule has 0 saturated heterocycles. The molecule has 2 unspecified atom stereocenters. The summed E-state index contributed by atoms with van der Waals surface area (Å²) in [7, 11) is 0. The molecule has 20 heavy (non-hydrogen) atoms. The maximum Gasteiger partial charge on any atom is 0.147 e. The van der Waals surface area contributed by atoms with E-state index in [4.69, 9.17) is 0 Å². The smallest absolute Gasteiger partial charge is 0.147 e. The van der Waals surface area contributed by atoms with Crippen LogP contribution in [-0.2, 0) is 6.54 Å². The monoisotopic (exact) mass is 276 g/mol. The molecular formula is C16H28N4. The second-order valence-electron chi connectivity index (χ2n) is 6.66. The second kappa shape index (κ2) is 5.84. The van der Waals surface area contributed by atoms with E-state index < -0.39 is 0 Å². The van der Waals surface area contributed by atoms with E-state index in [0.717, 1.165) is 30.9 Å². The summed E-state index contributed by atoms with van der Waals surface area (Å²) in [5.41, 5.74) is 0. The molecule has 0 spiro atoms. The van der Waals surface area contributed by atoms with Gasteiger partial charge in [0.15, 0.2) is 0 Å². The predicted octanol–water partition coefficient (Wildman–Crippen LogP) is 3.32. The lowest BCUT2D eigenvalue weighted by molar-refractivity contribution is 0.106. The predicted molar refractivity (Wildman–Crippen MR) is 80.5 cm³/mol. The van der Waals surface area contributed by atoms with Gasteiger partial charge in [-0.15, -0.1) is 10.2 Å². The van der Waals surface area contributed by atoms with Gasteiger partial charge in [-0.25, -0.2) is 0 Å². The SMILES string of the molecule is CCN(Cc1nnc(C)n1C1CC1)C1CCCCC1C. The van der Waals surface area contributed by atoms with Crippen LogP contribution >= 0.6 is 0 Å². The summed E-state index contributed by atoms with van der Waals surface area (Å²) >= 11 is 0. The molecule has 4 nitrogen and oxygen atoms in total. The van der Waals surface area contributed by atoms with Crippen LogP contribution in [-0.4, -0.2) is 32.3 Å². The minimum Gasteiger partial charge on any atom is -0.311 e. The maximum atomic E-state index is 4.46. The molecule has 1 aromatic rings. The molecule has 112 valence electrons. The fourth-order valence-electron chi connectivity index (χ4n) is 3.81. The molecule has 3 rings (SSSR count). The highest BCUT2D eigenvalue weighted by molar-refractivity contribution is 5.02. The lowest BCUT2D eigenvalue weighted by Crippen LogP contribution is -2.41. The first-order valence-electron chi connectivity index (χ1n) is 8.35. The zero-order valence-electron chi connectivity index (χ0n) is 13.2. The van der Waals surface area contributed by atoms with Crippen molar-refractivity contribution in [3.8, 4) is 0 Å². The highest BCUT2D eigenvalue weighted by Crippen LogP contribution is 2.37. The molecule has 1 aromatic heterocycles. The van der Waals surface area contributed by atoms with Crippen molar-refractivity contribution in [1.82, 2.24) is 19.7 Å². The molecule has 0 amide bonds. The number of aromatic nitrogens is 3. The van der Waals surface area contributed by atoms with Gasteiger partial charge in [-0.2, -0.15) is 0 Å². The largest absolute Gasteiger partial charge is 0.311 e. The van der Waals surface area contributed by atoms with Gasteiger partial charge in [-0.05, 0) is 45.1 Å². The van der Waals surface area contributed by atoms with E-state index in [0.29, 0.717) is 6.04 Å². The van der Waals surface area contributed by atoms with Crippen LogP contribution in [0.4, 0.5) is 0 Å². The van der Waals surface area contributed by atoms with Crippen LogP contribution in [0.3, 0.4) is 0 Å². The van der Waals surface area contributed by atoms with Crippen LogP contribution in [0.1, 0.15) is 70.1 Å². The minimum absolute atomic E-state index is 0.683. The van der Waals surface area contributed by atoms with Gasteiger partial charge in [0, 0.05) is 12.1 Å². The molecule has 0 N–H and O–H groups in total. The normalized spacial score (nSPS) is 27.2. The number of aryl methyl sites for hydroxylation is 1. The number of nitrogens with zero attached hydrogens (tertiary/aromatic N) is 4. The Labute approximate surface area is 122 Å². The average Bonchev–Trinajstić information content (AvgIpc) is 3.21. The van der Waals surface area contributed by atoms with Crippen LogP contribution < -0.4 is 0 Å². The number of hydrogen-bond acceptors (Lipinski definition) is 3. The molecule has 2 aliphatic carbocycles. The van der Waals surface area contributed by atoms with E-state index >= 15 is 0 Å². The third-order valence-corrected chi connectivity index (χ3v) is 5.13. The third-order valence-electron chi connectivity index (χ3n) is 5.13.